The largest absolute Gasteiger partial charge is 0.466 e. The van der Waals surface area contributed by atoms with Crippen molar-refractivity contribution in [2.24, 2.45) is 0 Å². The zero-order valence-electron chi connectivity index (χ0n) is 46.4. The van der Waals surface area contributed by atoms with Crippen LogP contribution >= 0.6 is 0 Å². The number of aliphatic hydroxyl groups is 2. The van der Waals surface area contributed by atoms with Gasteiger partial charge in [-0.05, 0) is 25.7 Å². The highest BCUT2D eigenvalue weighted by Gasteiger charge is 2.20. The first-order valence-corrected chi connectivity index (χ1v) is 31.3. The Morgan fingerprint density at radius 3 is 0.897 bits per heavy atom. The Hall–Kier alpha value is -1.14. The Labute approximate surface area is 426 Å². The summed E-state index contributed by atoms with van der Waals surface area (Å²) in [6.07, 6.45) is 68.2. The van der Waals surface area contributed by atoms with Crippen LogP contribution in [0.1, 0.15) is 361 Å². The van der Waals surface area contributed by atoms with Gasteiger partial charge in [0.2, 0.25) is 5.91 Å². The molecule has 1 amide bonds. The monoisotopic (exact) mass is 962 g/mol. The van der Waals surface area contributed by atoms with Crippen molar-refractivity contribution in [2.75, 3.05) is 13.2 Å². The van der Waals surface area contributed by atoms with Gasteiger partial charge in [0, 0.05) is 12.8 Å². The normalized spacial score (nSPS) is 12.5. The molecule has 2 unspecified atom stereocenters. The Morgan fingerprint density at radius 1 is 0.353 bits per heavy atom. The SMILES string of the molecule is CCCCCCCCCCCCCCCCCCCCCCCCCC(O)C(CO)NC(=O)CCCCCCCCCCCCCCCCOC(=O)CCCCCCCCCCCCCCCC. The summed E-state index contributed by atoms with van der Waals surface area (Å²) < 4.78 is 5.48. The van der Waals surface area contributed by atoms with Crippen LogP contribution in [0.2, 0.25) is 0 Å². The van der Waals surface area contributed by atoms with E-state index < -0.39 is 12.1 Å². The summed E-state index contributed by atoms with van der Waals surface area (Å²) in [7, 11) is 0. The van der Waals surface area contributed by atoms with Gasteiger partial charge in [0.25, 0.3) is 0 Å². The van der Waals surface area contributed by atoms with E-state index in [9.17, 15) is 19.8 Å². The van der Waals surface area contributed by atoms with Crippen LogP contribution < -0.4 is 5.32 Å². The van der Waals surface area contributed by atoms with Crippen molar-refractivity contribution in [1.82, 2.24) is 5.32 Å². The molecular weight excluding hydrogens is 839 g/mol. The van der Waals surface area contributed by atoms with Crippen LogP contribution in [-0.2, 0) is 14.3 Å². The third-order valence-electron chi connectivity index (χ3n) is 14.9. The number of ether oxygens (including phenoxy) is 1. The molecule has 0 fully saturated rings. The number of amides is 1. The molecular formula is C62H123NO5. The Balaban J connectivity index is 3.42. The minimum atomic E-state index is -0.671. The predicted molar refractivity (Wildman–Crippen MR) is 297 cm³/mol. The summed E-state index contributed by atoms with van der Waals surface area (Å²) in [6, 6.07) is -0.549. The van der Waals surface area contributed by atoms with Gasteiger partial charge in [-0.3, -0.25) is 9.59 Å². The molecule has 0 aromatic rings. The van der Waals surface area contributed by atoms with Gasteiger partial charge < -0.3 is 20.3 Å². The molecule has 0 radical (unpaired) electrons. The van der Waals surface area contributed by atoms with E-state index in [-0.39, 0.29) is 18.5 Å². The number of unbranched alkanes of at least 4 members (excludes halogenated alkanes) is 48. The summed E-state index contributed by atoms with van der Waals surface area (Å²) in [4.78, 5) is 24.6. The van der Waals surface area contributed by atoms with Crippen LogP contribution in [0.15, 0.2) is 0 Å². The second kappa shape index (κ2) is 58.4. The lowest BCUT2D eigenvalue weighted by Gasteiger charge is -2.22. The van der Waals surface area contributed by atoms with E-state index in [1.54, 1.807) is 0 Å². The van der Waals surface area contributed by atoms with Crippen molar-refractivity contribution < 1.29 is 24.5 Å². The van der Waals surface area contributed by atoms with Crippen molar-refractivity contribution in [1.29, 1.82) is 0 Å². The Kier molecular flexibility index (Phi) is 57.5. The third-order valence-corrected chi connectivity index (χ3v) is 14.9. The first-order chi connectivity index (χ1) is 33.5. The van der Waals surface area contributed by atoms with Crippen molar-refractivity contribution >= 4 is 11.9 Å². The van der Waals surface area contributed by atoms with Gasteiger partial charge in [-0.25, -0.2) is 0 Å². The summed E-state index contributed by atoms with van der Waals surface area (Å²) >= 11 is 0. The molecule has 3 N–H and O–H groups in total. The fourth-order valence-corrected chi connectivity index (χ4v) is 10.1. The fourth-order valence-electron chi connectivity index (χ4n) is 10.1. The molecule has 0 aliphatic rings. The van der Waals surface area contributed by atoms with Gasteiger partial charge in [-0.15, -0.1) is 0 Å². The summed E-state index contributed by atoms with van der Waals surface area (Å²) in [5.41, 5.74) is 0. The average Bonchev–Trinajstić information content (AvgIpc) is 3.34. The van der Waals surface area contributed by atoms with E-state index in [2.05, 4.69) is 19.2 Å². The molecule has 0 saturated carbocycles. The van der Waals surface area contributed by atoms with Gasteiger partial charge in [-0.1, -0.05) is 322 Å². The summed E-state index contributed by atoms with van der Waals surface area (Å²) in [5, 5.41) is 23.4. The lowest BCUT2D eigenvalue weighted by molar-refractivity contribution is -0.143. The highest BCUT2D eigenvalue weighted by Crippen LogP contribution is 2.19. The first-order valence-electron chi connectivity index (χ1n) is 31.3. The number of aliphatic hydroxyl groups excluding tert-OH is 2. The van der Waals surface area contributed by atoms with Gasteiger partial charge >= 0.3 is 5.97 Å². The van der Waals surface area contributed by atoms with Crippen LogP contribution in [-0.4, -0.2) is 47.4 Å². The topological polar surface area (TPSA) is 95.9 Å². The fraction of sp³-hybridized carbons (Fsp3) is 0.968. The molecule has 0 bridgehead atoms. The second-order valence-corrected chi connectivity index (χ2v) is 21.8. The highest BCUT2D eigenvalue weighted by molar-refractivity contribution is 5.76. The minimum absolute atomic E-state index is 0.00171. The quantitative estimate of drug-likeness (QED) is 0.0417. The average molecular weight is 963 g/mol. The summed E-state index contributed by atoms with van der Waals surface area (Å²) in [5.74, 6) is -0.0386. The molecule has 0 rings (SSSR count). The molecule has 6 heteroatoms. The molecule has 6 nitrogen and oxygen atoms in total. The number of nitrogens with one attached hydrogen (secondary N) is 1. The molecule has 0 heterocycles. The molecule has 0 spiro atoms. The van der Waals surface area contributed by atoms with Crippen LogP contribution in [0.5, 0.6) is 0 Å². The van der Waals surface area contributed by atoms with E-state index in [0.717, 1.165) is 51.4 Å². The van der Waals surface area contributed by atoms with Crippen LogP contribution in [0.4, 0.5) is 0 Å². The molecule has 0 aromatic carbocycles. The Bertz CT molecular complexity index is 975. The van der Waals surface area contributed by atoms with Crippen molar-refractivity contribution in [3.63, 3.8) is 0 Å². The smallest absolute Gasteiger partial charge is 0.305 e. The first kappa shape index (κ1) is 66.9. The van der Waals surface area contributed by atoms with Crippen LogP contribution in [0.3, 0.4) is 0 Å². The number of carbonyl (C=O) groups is 2. The number of rotatable bonds is 59. The molecule has 68 heavy (non-hydrogen) atoms. The van der Waals surface area contributed by atoms with Crippen LogP contribution in [0, 0.1) is 0 Å². The van der Waals surface area contributed by atoms with Crippen LogP contribution in [0.25, 0.3) is 0 Å². The van der Waals surface area contributed by atoms with Gasteiger partial charge in [0.1, 0.15) is 0 Å². The third kappa shape index (κ3) is 54.2. The van der Waals surface area contributed by atoms with E-state index >= 15 is 0 Å². The molecule has 0 saturated heterocycles. The number of hydrogen-bond donors (Lipinski definition) is 3. The molecule has 0 aliphatic heterocycles. The summed E-state index contributed by atoms with van der Waals surface area (Å²) in [6.45, 7) is 4.97. The van der Waals surface area contributed by atoms with Gasteiger partial charge in [-0.2, -0.15) is 0 Å². The van der Waals surface area contributed by atoms with Crippen molar-refractivity contribution in [3.05, 3.63) is 0 Å². The number of hydrogen-bond acceptors (Lipinski definition) is 5. The minimum Gasteiger partial charge on any atom is -0.466 e. The molecule has 2 atom stereocenters. The van der Waals surface area contributed by atoms with Gasteiger partial charge in [0.15, 0.2) is 0 Å². The molecule has 406 valence electrons. The maximum atomic E-state index is 12.5. The predicted octanol–water partition coefficient (Wildman–Crippen LogP) is 19.5. The maximum Gasteiger partial charge on any atom is 0.305 e. The van der Waals surface area contributed by atoms with E-state index in [0.29, 0.717) is 25.9 Å². The van der Waals surface area contributed by atoms with Crippen molar-refractivity contribution in [3.8, 4) is 0 Å². The van der Waals surface area contributed by atoms with E-state index in [1.165, 1.54) is 276 Å². The number of esters is 1. The highest BCUT2D eigenvalue weighted by atomic mass is 16.5. The zero-order chi connectivity index (χ0) is 49.3. The zero-order valence-corrected chi connectivity index (χ0v) is 46.4. The second-order valence-electron chi connectivity index (χ2n) is 21.8. The number of carbonyl (C=O) groups excluding carboxylic acids is 2. The maximum absolute atomic E-state index is 12.5. The van der Waals surface area contributed by atoms with E-state index in [1.807, 2.05) is 0 Å². The van der Waals surface area contributed by atoms with E-state index in [4.69, 9.17) is 4.74 Å². The standard InChI is InChI=1S/C62H123NO5/c1-3-5-7-9-11-13-15-17-19-20-21-22-23-24-25-26-27-30-34-38-42-46-50-54-60(65)59(58-64)63-61(66)55-51-47-43-39-35-31-28-29-33-37-41-45-49-53-57-68-62(67)56-52-48-44-40-36-32-18-16-14-12-10-8-6-4-2/h59-60,64-65H,3-58H2,1-2H3,(H,63,66). The Morgan fingerprint density at radius 2 is 0.603 bits per heavy atom. The molecule has 0 aliphatic carbocycles. The molecule has 0 aromatic heterocycles. The van der Waals surface area contributed by atoms with Crippen molar-refractivity contribution in [2.45, 2.75) is 373 Å². The lowest BCUT2D eigenvalue weighted by atomic mass is 10.0. The lowest BCUT2D eigenvalue weighted by Crippen LogP contribution is -2.45. The van der Waals surface area contributed by atoms with Gasteiger partial charge in [0.05, 0.1) is 25.4 Å².